The van der Waals surface area contributed by atoms with Gasteiger partial charge >= 0.3 is 0 Å². The lowest BCUT2D eigenvalue weighted by atomic mass is 10.2. The summed E-state index contributed by atoms with van der Waals surface area (Å²) in [4.78, 5) is 19.6. The number of hydrogen-bond acceptors (Lipinski definition) is 6. The van der Waals surface area contributed by atoms with Crippen LogP contribution in [-0.4, -0.2) is 33.9 Å². The topological polar surface area (TPSA) is 92.9 Å². The van der Waals surface area contributed by atoms with Crippen LogP contribution >= 0.6 is 11.8 Å². The number of hydrogen-bond donors (Lipinski definition) is 3. The van der Waals surface area contributed by atoms with Crippen molar-refractivity contribution in [1.29, 1.82) is 0 Å². The van der Waals surface area contributed by atoms with Crippen LogP contribution in [0.25, 0.3) is 0 Å². The van der Waals surface area contributed by atoms with Crippen molar-refractivity contribution in [3.8, 4) is 0 Å². The van der Waals surface area contributed by atoms with Crippen molar-refractivity contribution in [1.82, 2.24) is 15.3 Å². The minimum absolute atomic E-state index is 0.129. The zero-order chi connectivity index (χ0) is 12.7. The first-order chi connectivity index (χ1) is 8.17. The van der Waals surface area contributed by atoms with Crippen LogP contribution in [0.4, 0.5) is 5.82 Å². The highest BCUT2D eigenvalue weighted by Gasteiger charge is 2.11. The van der Waals surface area contributed by atoms with Gasteiger partial charge in [0.25, 0.3) is 5.91 Å². The van der Waals surface area contributed by atoms with E-state index in [9.17, 15) is 4.79 Å². The van der Waals surface area contributed by atoms with Gasteiger partial charge in [-0.1, -0.05) is 0 Å². The van der Waals surface area contributed by atoms with Crippen LogP contribution in [0, 0.1) is 0 Å². The summed E-state index contributed by atoms with van der Waals surface area (Å²) in [5.74, 6) is 6.39. The number of hydrazine groups is 1. The van der Waals surface area contributed by atoms with Gasteiger partial charge in [0.05, 0.1) is 12.4 Å². The zero-order valence-corrected chi connectivity index (χ0v) is 10.8. The molecule has 0 aliphatic rings. The molecule has 94 valence electrons. The lowest BCUT2D eigenvalue weighted by molar-refractivity contribution is 0.0934. The van der Waals surface area contributed by atoms with Crippen molar-refractivity contribution in [2.45, 2.75) is 19.4 Å². The Labute approximate surface area is 105 Å². The van der Waals surface area contributed by atoms with Crippen molar-refractivity contribution in [3.63, 3.8) is 0 Å². The van der Waals surface area contributed by atoms with Gasteiger partial charge in [-0.3, -0.25) is 4.79 Å². The summed E-state index contributed by atoms with van der Waals surface area (Å²) in [6, 6.07) is 0.129. The summed E-state index contributed by atoms with van der Waals surface area (Å²) in [6.45, 7) is 1.97. The number of rotatable bonds is 6. The first kappa shape index (κ1) is 13.7. The molecule has 4 N–H and O–H groups in total. The SMILES string of the molecule is CSCCC(C)NC(=O)c1cnc(NN)cn1. The Kier molecular flexibility index (Phi) is 5.71. The predicted molar refractivity (Wildman–Crippen MR) is 69.8 cm³/mol. The third-order valence-electron chi connectivity index (χ3n) is 2.16. The van der Waals surface area contributed by atoms with Gasteiger partial charge in [-0.05, 0) is 25.4 Å². The Morgan fingerprint density at radius 2 is 2.29 bits per heavy atom. The van der Waals surface area contributed by atoms with Gasteiger partial charge in [0.15, 0.2) is 5.82 Å². The van der Waals surface area contributed by atoms with Gasteiger partial charge in [0.1, 0.15) is 5.69 Å². The highest BCUT2D eigenvalue weighted by Crippen LogP contribution is 2.02. The maximum atomic E-state index is 11.7. The molecule has 1 rings (SSSR count). The highest BCUT2D eigenvalue weighted by molar-refractivity contribution is 7.98. The fraction of sp³-hybridized carbons (Fsp3) is 0.500. The van der Waals surface area contributed by atoms with E-state index in [0.717, 1.165) is 12.2 Å². The first-order valence-electron chi connectivity index (χ1n) is 5.25. The smallest absolute Gasteiger partial charge is 0.271 e. The van der Waals surface area contributed by atoms with Crippen LogP contribution in [0.15, 0.2) is 12.4 Å². The summed E-state index contributed by atoms with van der Waals surface area (Å²) in [7, 11) is 0. The molecule has 1 aromatic heterocycles. The quantitative estimate of drug-likeness (QED) is 0.510. The Balaban J connectivity index is 2.51. The normalized spacial score (nSPS) is 11.9. The van der Waals surface area contributed by atoms with E-state index >= 15 is 0 Å². The number of aromatic nitrogens is 2. The van der Waals surface area contributed by atoms with E-state index in [1.54, 1.807) is 11.8 Å². The second-order valence-electron chi connectivity index (χ2n) is 3.59. The number of carbonyl (C=O) groups excluding carboxylic acids is 1. The Bertz CT molecular complexity index is 356. The van der Waals surface area contributed by atoms with Crippen LogP contribution < -0.4 is 16.6 Å². The molecule has 0 fully saturated rings. The number of thioether (sulfide) groups is 1. The number of carbonyl (C=O) groups is 1. The molecule has 7 heteroatoms. The van der Waals surface area contributed by atoms with Crippen LogP contribution in [-0.2, 0) is 0 Å². The predicted octanol–water partition coefficient (Wildman–Crippen LogP) is 0.634. The number of nitrogens with two attached hydrogens (primary N) is 1. The molecule has 0 radical (unpaired) electrons. The molecule has 1 atom stereocenters. The van der Waals surface area contributed by atoms with Crippen molar-refractivity contribution in [2.24, 2.45) is 5.84 Å². The Morgan fingerprint density at radius 3 is 2.82 bits per heavy atom. The molecule has 1 unspecified atom stereocenters. The number of nitrogen functional groups attached to an aromatic ring is 1. The molecular formula is C10H17N5OS. The molecule has 0 aliphatic heterocycles. The van der Waals surface area contributed by atoms with Crippen molar-refractivity contribution in [2.75, 3.05) is 17.4 Å². The number of amides is 1. The molecule has 0 aromatic carbocycles. The molecule has 0 bridgehead atoms. The van der Waals surface area contributed by atoms with Gasteiger partial charge < -0.3 is 10.7 Å². The van der Waals surface area contributed by atoms with E-state index in [1.807, 2.05) is 13.2 Å². The van der Waals surface area contributed by atoms with E-state index in [-0.39, 0.29) is 11.9 Å². The first-order valence-corrected chi connectivity index (χ1v) is 6.65. The van der Waals surface area contributed by atoms with Gasteiger partial charge in [0.2, 0.25) is 0 Å². The van der Waals surface area contributed by atoms with Crippen molar-refractivity contribution < 1.29 is 4.79 Å². The summed E-state index contributed by atoms with van der Waals surface area (Å²) in [6.07, 6.45) is 5.79. The van der Waals surface area contributed by atoms with Gasteiger partial charge in [-0.15, -0.1) is 0 Å². The molecule has 1 aromatic rings. The van der Waals surface area contributed by atoms with Gasteiger partial charge in [-0.2, -0.15) is 11.8 Å². The second-order valence-corrected chi connectivity index (χ2v) is 4.57. The number of nitrogens with zero attached hydrogens (tertiary/aromatic N) is 2. The monoisotopic (exact) mass is 255 g/mol. The molecule has 0 aliphatic carbocycles. The third-order valence-corrected chi connectivity index (χ3v) is 2.81. The lowest BCUT2D eigenvalue weighted by Crippen LogP contribution is -2.33. The summed E-state index contributed by atoms with van der Waals surface area (Å²) >= 11 is 1.76. The minimum Gasteiger partial charge on any atom is -0.348 e. The van der Waals surface area contributed by atoms with E-state index in [4.69, 9.17) is 5.84 Å². The maximum absolute atomic E-state index is 11.7. The number of anilines is 1. The standard InChI is InChI=1S/C10H17N5OS/c1-7(3-4-17-2)14-10(16)8-5-13-9(15-11)6-12-8/h5-7H,3-4,11H2,1-2H3,(H,13,15)(H,14,16). The fourth-order valence-corrected chi connectivity index (χ4v) is 1.77. The highest BCUT2D eigenvalue weighted by atomic mass is 32.2. The molecule has 0 saturated carbocycles. The van der Waals surface area contributed by atoms with Gasteiger partial charge in [0, 0.05) is 6.04 Å². The molecule has 6 nitrogen and oxygen atoms in total. The molecular weight excluding hydrogens is 238 g/mol. The van der Waals surface area contributed by atoms with Crippen LogP contribution in [0.3, 0.4) is 0 Å². The zero-order valence-electron chi connectivity index (χ0n) is 9.93. The van der Waals surface area contributed by atoms with E-state index in [1.165, 1.54) is 12.4 Å². The molecule has 0 saturated heterocycles. The summed E-state index contributed by atoms with van der Waals surface area (Å²) in [5, 5.41) is 2.86. The van der Waals surface area contributed by atoms with E-state index < -0.39 is 0 Å². The van der Waals surface area contributed by atoms with Crippen molar-refractivity contribution >= 4 is 23.5 Å². The fourth-order valence-electron chi connectivity index (χ4n) is 1.18. The van der Waals surface area contributed by atoms with E-state index in [2.05, 4.69) is 20.7 Å². The largest absolute Gasteiger partial charge is 0.348 e. The van der Waals surface area contributed by atoms with E-state index in [0.29, 0.717) is 11.5 Å². The molecule has 17 heavy (non-hydrogen) atoms. The third kappa shape index (κ3) is 4.58. The summed E-state index contributed by atoms with van der Waals surface area (Å²) in [5.41, 5.74) is 2.65. The van der Waals surface area contributed by atoms with Crippen LogP contribution in [0.5, 0.6) is 0 Å². The molecule has 0 spiro atoms. The second kappa shape index (κ2) is 7.08. The van der Waals surface area contributed by atoms with Crippen molar-refractivity contribution in [3.05, 3.63) is 18.1 Å². The lowest BCUT2D eigenvalue weighted by Gasteiger charge is -2.12. The molecule has 1 amide bonds. The minimum atomic E-state index is -0.213. The van der Waals surface area contributed by atoms with Crippen LogP contribution in [0.2, 0.25) is 0 Å². The maximum Gasteiger partial charge on any atom is 0.271 e. The van der Waals surface area contributed by atoms with Gasteiger partial charge in [-0.25, -0.2) is 15.8 Å². The average Bonchev–Trinajstić information content (AvgIpc) is 2.36. The Hall–Kier alpha value is -1.34. The van der Waals surface area contributed by atoms with Crippen LogP contribution in [0.1, 0.15) is 23.8 Å². The average molecular weight is 255 g/mol. The number of nitrogens with one attached hydrogen (secondary N) is 2. The Morgan fingerprint density at radius 1 is 1.53 bits per heavy atom. The summed E-state index contributed by atoms with van der Waals surface area (Å²) < 4.78 is 0. The molecule has 1 heterocycles.